The van der Waals surface area contributed by atoms with Crippen LogP contribution in [-0.2, 0) is 9.53 Å². The molecule has 0 saturated carbocycles. The minimum atomic E-state index is -1.11. The van der Waals surface area contributed by atoms with Gasteiger partial charge in [0, 0.05) is 25.4 Å². The van der Waals surface area contributed by atoms with Crippen LogP contribution in [0.15, 0.2) is 30.3 Å². The summed E-state index contributed by atoms with van der Waals surface area (Å²) in [6, 6.07) is 9.78. The lowest BCUT2D eigenvalue weighted by atomic mass is 9.89. The monoisotopic (exact) mass is 414 g/mol. The van der Waals surface area contributed by atoms with E-state index in [2.05, 4.69) is 11.2 Å². The van der Waals surface area contributed by atoms with E-state index in [0.29, 0.717) is 32.4 Å². The standard InChI is InChI=1S/C24H34N2O4/c1-6-13-24(14-10-15-26(24)22(29)30-23(3,4)5)21(28)25-17-20(16-18(2)27)19-11-8-7-9-12-19/h1,7-9,11-12,18,20,27H,10,13-17H2,2-5H3,(H,25,28). The highest BCUT2D eigenvalue weighted by Crippen LogP contribution is 2.34. The molecule has 0 bridgehead atoms. The largest absolute Gasteiger partial charge is 0.444 e. The zero-order chi connectivity index (χ0) is 22.4. The van der Waals surface area contributed by atoms with Gasteiger partial charge in [-0.1, -0.05) is 30.3 Å². The molecule has 0 aliphatic carbocycles. The summed E-state index contributed by atoms with van der Waals surface area (Å²) in [7, 11) is 0. The number of amides is 2. The van der Waals surface area contributed by atoms with Crippen LogP contribution < -0.4 is 5.32 Å². The molecular formula is C24H34N2O4. The summed E-state index contributed by atoms with van der Waals surface area (Å²) in [5.41, 5.74) is -0.725. The second-order valence-corrected chi connectivity index (χ2v) is 9.05. The van der Waals surface area contributed by atoms with E-state index < -0.39 is 23.3 Å². The van der Waals surface area contributed by atoms with Crippen molar-refractivity contribution >= 4 is 12.0 Å². The van der Waals surface area contributed by atoms with Crippen molar-refractivity contribution in [3.05, 3.63) is 35.9 Å². The Kier molecular flexibility index (Phi) is 7.91. The van der Waals surface area contributed by atoms with Gasteiger partial charge in [-0.3, -0.25) is 9.69 Å². The Hall–Kier alpha value is -2.52. The van der Waals surface area contributed by atoms with Crippen LogP contribution in [0.25, 0.3) is 0 Å². The normalized spacial score (nSPS) is 20.9. The number of hydrogen-bond acceptors (Lipinski definition) is 4. The molecule has 30 heavy (non-hydrogen) atoms. The quantitative estimate of drug-likeness (QED) is 0.670. The Morgan fingerprint density at radius 2 is 2.00 bits per heavy atom. The van der Waals surface area contributed by atoms with Crippen molar-refractivity contribution in [1.29, 1.82) is 0 Å². The van der Waals surface area contributed by atoms with E-state index in [1.165, 1.54) is 4.90 Å². The number of nitrogens with zero attached hydrogens (tertiary/aromatic N) is 1. The number of ether oxygens (including phenoxy) is 1. The summed E-state index contributed by atoms with van der Waals surface area (Å²) >= 11 is 0. The lowest BCUT2D eigenvalue weighted by Gasteiger charge is -2.37. The van der Waals surface area contributed by atoms with E-state index in [0.717, 1.165) is 5.56 Å². The molecule has 0 aromatic heterocycles. The Balaban J connectivity index is 2.19. The Morgan fingerprint density at radius 1 is 1.33 bits per heavy atom. The summed E-state index contributed by atoms with van der Waals surface area (Å²) in [5, 5.41) is 12.9. The highest BCUT2D eigenvalue weighted by atomic mass is 16.6. The molecule has 1 aliphatic rings. The minimum Gasteiger partial charge on any atom is -0.444 e. The number of benzene rings is 1. The molecule has 0 radical (unpaired) electrons. The number of rotatable bonds is 7. The summed E-state index contributed by atoms with van der Waals surface area (Å²) in [6.45, 7) is 7.90. The number of aliphatic hydroxyl groups is 1. The van der Waals surface area contributed by atoms with Gasteiger partial charge in [0.15, 0.2) is 0 Å². The zero-order valence-electron chi connectivity index (χ0n) is 18.5. The van der Waals surface area contributed by atoms with Crippen LogP contribution in [0, 0.1) is 12.3 Å². The molecule has 2 rings (SSSR count). The van der Waals surface area contributed by atoms with Crippen LogP contribution in [0.3, 0.4) is 0 Å². The van der Waals surface area contributed by atoms with Gasteiger partial charge in [0.05, 0.1) is 6.10 Å². The molecule has 1 aromatic rings. The number of nitrogens with one attached hydrogen (secondary N) is 1. The molecule has 6 nitrogen and oxygen atoms in total. The number of likely N-dealkylation sites (tertiary alicyclic amines) is 1. The van der Waals surface area contributed by atoms with Crippen molar-refractivity contribution in [2.75, 3.05) is 13.1 Å². The molecule has 1 fully saturated rings. The molecule has 1 aromatic carbocycles. The van der Waals surface area contributed by atoms with Crippen molar-refractivity contribution in [1.82, 2.24) is 10.2 Å². The Morgan fingerprint density at radius 3 is 2.57 bits per heavy atom. The number of terminal acetylenes is 1. The fourth-order valence-corrected chi connectivity index (χ4v) is 3.99. The first kappa shape index (κ1) is 23.8. The molecule has 2 N–H and O–H groups in total. The third-order valence-electron chi connectivity index (χ3n) is 5.33. The summed E-state index contributed by atoms with van der Waals surface area (Å²) in [4.78, 5) is 27.6. The SMILES string of the molecule is C#CCC1(C(=O)NCC(CC(C)O)c2ccccc2)CCCN1C(=O)OC(C)(C)C. The van der Waals surface area contributed by atoms with Crippen LogP contribution in [0.4, 0.5) is 4.79 Å². The Labute approximate surface area is 180 Å². The molecule has 3 atom stereocenters. The molecule has 0 spiro atoms. The van der Waals surface area contributed by atoms with Crippen molar-refractivity contribution in [2.24, 2.45) is 0 Å². The first-order valence-corrected chi connectivity index (χ1v) is 10.5. The summed E-state index contributed by atoms with van der Waals surface area (Å²) in [6.07, 6.45) is 6.39. The van der Waals surface area contributed by atoms with Crippen molar-refractivity contribution in [3.8, 4) is 12.3 Å². The average molecular weight is 415 g/mol. The van der Waals surface area contributed by atoms with E-state index >= 15 is 0 Å². The predicted molar refractivity (Wildman–Crippen MR) is 117 cm³/mol. The minimum absolute atomic E-state index is 0.0468. The maximum absolute atomic E-state index is 13.3. The van der Waals surface area contributed by atoms with Gasteiger partial charge in [0.1, 0.15) is 11.1 Å². The van der Waals surface area contributed by atoms with Crippen LogP contribution in [0.1, 0.15) is 64.9 Å². The third-order valence-corrected chi connectivity index (χ3v) is 5.33. The van der Waals surface area contributed by atoms with Gasteiger partial charge >= 0.3 is 6.09 Å². The highest BCUT2D eigenvalue weighted by Gasteiger charge is 2.50. The van der Waals surface area contributed by atoms with E-state index in [1.807, 2.05) is 30.3 Å². The number of carbonyl (C=O) groups excluding carboxylic acids is 2. The van der Waals surface area contributed by atoms with Gasteiger partial charge < -0.3 is 15.2 Å². The first-order valence-electron chi connectivity index (χ1n) is 10.5. The third kappa shape index (κ3) is 5.99. The first-order chi connectivity index (χ1) is 14.1. The van der Waals surface area contributed by atoms with Gasteiger partial charge in [-0.15, -0.1) is 12.3 Å². The topological polar surface area (TPSA) is 78.9 Å². The van der Waals surface area contributed by atoms with Crippen LogP contribution in [0.2, 0.25) is 0 Å². The van der Waals surface area contributed by atoms with Gasteiger partial charge in [0.25, 0.3) is 0 Å². The van der Waals surface area contributed by atoms with E-state index in [4.69, 9.17) is 11.2 Å². The maximum Gasteiger partial charge on any atom is 0.411 e. The van der Waals surface area contributed by atoms with E-state index in [9.17, 15) is 14.7 Å². The molecule has 2 amide bonds. The van der Waals surface area contributed by atoms with Crippen LogP contribution >= 0.6 is 0 Å². The lowest BCUT2D eigenvalue weighted by Crippen LogP contribution is -2.58. The molecule has 1 saturated heterocycles. The summed E-state index contributed by atoms with van der Waals surface area (Å²) in [5.74, 6) is 2.27. The van der Waals surface area contributed by atoms with Gasteiger partial charge in [-0.2, -0.15) is 0 Å². The van der Waals surface area contributed by atoms with Crippen molar-refractivity contribution in [2.45, 2.75) is 76.5 Å². The average Bonchev–Trinajstić information content (AvgIpc) is 3.09. The number of hydrogen-bond donors (Lipinski definition) is 2. The predicted octanol–water partition coefficient (Wildman–Crippen LogP) is 3.45. The molecule has 6 heteroatoms. The fraction of sp³-hybridized carbons (Fsp3) is 0.583. The van der Waals surface area contributed by atoms with E-state index in [-0.39, 0.29) is 18.2 Å². The van der Waals surface area contributed by atoms with Gasteiger partial charge in [-0.25, -0.2) is 4.79 Å². The number of carbonyl (C=O) groups is 2. The fourth-order valence-electron chi connectivity index (χ4n) is 3.99. The molecule has 164 valence electrons. The van der Waals surface area contributed by atoms with Crippen molar-refractivity contribution in [3.63, 3.8) is 0 Å². The van der Waals surface area contributed by atoms with Crippen molar-refractivity contribution < 1.29 is 19.4 Å². The molecule has 3 unspecified atom stereocenters. The van der Waals surface area contributed by atoms with Crippen LogP contribution in [-0.4, -0.2) is 52.3 Å². The van der Waals surface area contributed by atoms with Gasteiger partial charge in [0.2, 0.25) is 5.91 Å². The van der Waals surface area contributed by atoms with E-state index in [1.54, 1.807) is 27.7 Å². The smallest absolute Gasteiger partial charge is 0.411 e. The second-order valence-electron chi connectivity index (χ2n) is 9.05. The summed E-state index contributed by atoms with van der Waals surface area (Å²) < 4.78 is 5.53. The number of aliphatic hydroxyl groups excluding tert-OH is 1. The lowest BCUT2D eigenvalue weighted by molar-refractivity contribution is -0.131. The maximum atomic E-state index is 13.3. The van der Waals surface area contributed by atoms with Gasteiger partial charge in [-0.05, 0) is 52.5 Å². The molecule has 1 heterocycles. The highest BCUT2D eigenvalue weighted by molar-refractivity contribution is 5.91. The van der Waals surface area contributed by atoms with Crippen LogP contribution in [0.5, 0.6) is 0 Å². The molecule has 1 aliphatic heterocycles. The Bertz CT molecular complexity index is 764. The zero-order valence-corrected chi connectivity index (χ0v) is 18.5. The second kappa shape index (κ2) is 9.99. The molecular weight excluding hydrogens is 380 g/mol.